The first kappa shape index (κ1) is 20.3. The summed E-state index contributed by atoms with van der Waals surface area (Å²) < 4.78 is 6.71. The lowest BCUT2D eigenvalue weighted by molar-refractivity contribution is 0.0934. The largest absolute Gasteiger partial charge is 0.496 e. The van der Waals surface area contributed by atoms with Gasteiger partial charge >= 0.3 is 0 Å². The van der Waals surface area contributed by atoms with Crippen molar-refractivity contribution in [1.29, 1.82) is 0 Å². The number of methoxy groups -OCH3 is 1. The van der Waals surface area contributed by atoms with Gasteiger partial charge in [0, 0.05) is 14.5 Å². The van der Waals surface area contributed by atoms with E-state index in [1.807, 2.05) is 13.0 Å². The van der Waals surface area contributed by atoms with Crippen molar-refractivity contribution >= 4 is 61.0 Å². The molecular weight excluding hydrogens is 486 g/mol. The third kappa shape index (κ3) is 5.26. The Morgan fingerprint density at radius 3 is 2.42 bits per heavy atom. The second-order valence-electron chi connectivity index (χ2n) is 5.17. The van der Waals surface area contributed by atoms with Gasteiger partial charge in [-0.25, -0.2) is 0 Å². The molecule has 0 bridgehead atoms. The number of hydrogen-bond donors (Lipinski definition) is 3. The van der Waals surface area contributed by atoms with E-state index in [4.69, 9.17) is 17.0 Å². The number of carbonyl (C=O) groups excluding carboxylic acids is 2. The molecule has 0 aliphatic rings. The van der Waals surface area contributed by atoms with Crippen molar-refractivity contribution in [3.8, 4) is 5.75 Å². The van der Waals surface area contributed by atoms with Gasteiger partial charge in [-0.15, -0.1) is 0 Å². The van der Waals surface area contributed by atoms with E-state index in [2.05, 4.69) is 48.0 Å². The average molecular weight is 501 g/mol. The van der Waals surface area contributed by atoms with Crippen molar-refractivity contribution in [3.63, 3.8) is 0 Å². The summed E-state index contributed by atoms with van der Waals surface area (Å²) >= 11 is 11.7. The van der Waals surface area contributed by atoms with Gasteiger partial charge in [-0.1, -0.05) is 37.9 Å². The quantitative estimate of drug-likeness (QED) is 0.444. The normalized spacial score (nSPS) is 10.0. The number of halogens is 2. The van der Waals surface area contributed by atoms with Gasteiger partial charge in [0.1, 0.15) is 5.75 Å². The predicted octanol–water partition coefficient (Wildman–Crippen LogP) is 3.48. The molecule has 136 valence electrons. The molecule has 0 saturated heterocycles. The third-order valence-corrected chi connectivity index (χ3v) is 4.91. The summed E-state index contributed by atoms with van der Waals surface area (Å²) in [6.45, 7) is 1.92. The molecule has 2 aromatic carbocycles. The van der Waals surface area contributed by atoms with E-state index in [9.17, 15) is 9.59 Å². The van der Waals surface area contributed by atoms with Crippen LogP contribution in [0, 0.1) is 6.92 Å². The Labute approximate surface area is 172 Å². The maximum absolute atomic E-state index is 12.3. The number of aryl methyl sites for hydroxylation is 1. The Bertz CT molecular complexity index is 874. The molecule has 26 heavy (non-hydrogen) atoms. The second-order valence-corrected chi connectivity index (χ2v) is 7.35. The van der Waals surface area contributed by atoms with Crippen molar-refractivity contribution in [2.75, 3.05) is 7.11 Å². The Morgan fingerprint density at radius 1 is 1.04 bits per heavy atom. The highest BCUT2D eigenvalue weighted by atomic mass is 79.9. The van der Waals surface area contributed by atoms with Crippen LogP contribution in [0.2, 0.25) is 0 Å². The van der Waals surface area contributed by atoms with Crippen LogP contribution in [0.25, 0.3) is 0 Å². The molecule has 0 aliphatic carbocycles. The number of hydrazine groups is 1. The molecule has 2 amide bonds. The summed E-state index contributed by atoms with van der Waals surface area (Å²) in [6, 6.07) is 10.2. The second kappa shape index (κ2) is 9.11. The fraction of sp³-hybridized carbons (Fsp3) is 0.118. The maximum Gasteiger partial charge on any atom is 0.269 e. The zero-order valence-corrected chi connectivity index (χ0v) is 17.8. The minimum absolute atomic E-state index is 0.0449. The molecule has 0 aromatic heterocycles. The smallest absolute Gasteiger partial charge is 0.269 e. The van der Waals surface area contributed by atoms with Crippen molar-refractivity contribution < 1.29 is 14.3 Å². The standard InChI is InChI=1S/C17H15Br2N3O3S/c1-9-3-4-10(7-13(9)19)15(23)21-22-17(26)20-16(24)12-8-11(18)5-6-14(12)25-2/h3-8H,1-2H3,(H,21,23)(H2,20,22,24,26). The molecule has 6 nitrogen and oxygen atoms in total. The number of ether oxygens (including phenoxy) is 1. The molecule has 2 rings (SSSR count). The number of amides is 2. The van der Waals surface area contributed by atoms with Crippen LogP contribution < -0.4 is 20.9 Å². The number of benzene rings is 2. The molecule has 0 aliphatic heterocycles. The Hall–Kier alpha value is -1.97. The lowest BCUT2D eigenvalue weighted by atomic mass is 10.1. The minimum atomic E-state index is -0.465. The van der Waals surface area contributed by atoms with Gasteiger partial charge in [0.2, 0.25) is 0 Å². The van der Waals surface area contributed by atoms with Gasteiger partial charge < -0.3 is 4.74 Å². The Balaban J connectivity index is 1.96. The molecule has 0 saturated carbocycles. The molecule has 0 unspecified atom stereocenters. The molecule has 0 fully saturated rings. The van der Waals surface area contributed by atoms with Crippen LogP contribution in [0.1, 0.15) is 26.3 Å². The fourth-order valence-corrected chi connectivity index (χ4v) is 2.86. The van der Waals surface area contributed by atoms with E-state index in [1.165, 1.54) is 7.11 Å². The van der Waals surface area contributed by atoms with Gasteiger partial charge in [-0.2, -0.15) is 0 Å². The zero-order valence-electron chi connectivity index (χ0n) is 13.9. The molecule has 0 spiro atoms. The molecule has 3 N–H and O–H groups in total. The van der Waals surface area contributed by atoms with Gasteiger partial charge in [0.25, 0.3) is 11.8 Å². The van der Waals surface area contributed by atoms with Crippen LogP contribution in [0.3, 0.4) is 0 Å². The summed E-state index contributed by atoms with van der Waals surface area (Å²) in [6.07, 6.45) is 0. The first-order valence-corrected chi connectivity index (χ1v) is 9.32. The predicted molar refractivity (Wildman–Crippen MR) is 110 cm³/mol. The number of carbonyl (C=O) groups is 2. The van der Waals surface area contributed by atoms with Gasteiger partial charge in [-0.05, 0) is 55.0 Å². The Kier molecular flexibility index (Phi) is 7.13. The summed E-state index contributed by atoms with van der Waals surface area (Å²) in [4.78, 5) is 24.4. The van der Waals surface area contributed by atoms with Crippen molar-refractivity contribution in [3.05, 3.63) is 62.0 Å². The number of thiocarbonyl (C=S) groups is 1. The van der Waals surface area contributed by atoms with Gasteiger partial charge in [-0.3, -0.25) is 25.8 Å². The highest BCUT2D eigenvalue weighted by molar-refractivity contribution is 9.10. The van der Waals surface area contributed by atoms with Gasteiger partial charge in [0.15, 0.2) is 5.11 Å². The number of hydrogen-bond acceptors (Lipinski definition) is 4. The van der Waals surface area contributed by atoms with E-state index in [0.717, 1.165) is 14.5 Å². The third-order valence-electron chi connectivity index (χ3n) is 3.36. The van der Waals surface area contributed by atoms with E-state index in [0.29, 0.717) is 16.9 Å². The molecule has 2 aromatic rings. The molecule has 0 heterocycles. The molecular formula is C17H15Br2N3O3S. The van der Waals surface area contributed by atoms with Crippen LogP contribution in [-0.2, 0) is 0 Å². The highest BCUT2D eigenvalue weighted by Crippen LogP contribution is 2.22. The molecule has 0 atom stereocenters. The minimum Gasteiger partial charge on any atom is -0.496 e. The van der Waals surface area contributed by atoms with Crippen molar-refractivity contribution in [2.45, 2.75) is 6.92 Å². The topological polar surface area (TPSA) is 79.5 Å². The van der Waals surface area contributed by atoms with Gasteiger partial charge in [0.05, 0.1) is 12.7 Å². The maximum atomic E-state index is 12.3. The van der Waals surface area contributed by atoms with Crippen LogP contribution >= 0.6 is 44.1 Å². The zero-order chi connectivity index (χ0) is 19.3. The van der Waals surface area contributed by atoms with Crippen LogP contribution in [-0.4, -0.2) is 24.0 Å². The summed E-state index contributed by atoms with van der Waals surface area (Å²) in [5.74, 6) is -0.447. The molecule has 0 radical (unpaired) electrons. The first-order valence-electron chi connectivity index (χ1n) is 7.33. The Morgan fingerprint density at radius 2 is 1.77 bits per heavy atom. The van der Waals surface area contributed by atoms with E-state index >= 15 is 0 Å². The summed E-state index contributed by atoms with van der Waals surface area (Å²) in [5, 5.41) is 2.44. The lowest BCUT2D eigenvalue weighted by Gasteiger charge is -2.13. The number of rotatable bonds is 3. The van der Waals surface area contributed by atoms with E-state index in [-0.39, 0.29) is 11.0 Å². The highest BCUT2D eigenvalue weighted by Gasteiger charge is 2.15. The first-order chi connectivity index (χ1) is 12.3. The summed E-state index contributed by atoms with van der Waals surface area (Å²) in [7, 11) is 1.47. The number of nitrogens with one attached hydrogen (secondary N) is 3. The van der Waals surface area contributed by atoms with Crippen LogP contribution in [0.5, 0.6) is 5.75 Å². The van der Waals surface area contributed by atoms with E-state index in [1.54, 1.807) is 30.3 Å². The monoisotopic (exact) mass is 499 g/mol. The van der Waals surface area contributed by atoms with Crippen molar-refractivity contribution in [1.82, 2.24) is 16.2 Å². The lowest BCUT2D eigenvalue weighted by Crippen LogP contribution is -2.48. The van der Waals surface area contributed by atoms with Crippen LogP contribution in [0.15, 0.2) is 45.3 Å². The van der Waals surface area contributed by atoms with Crippen molar-refractivity contribution in [2.24, 2.45) is 0 Å². The summed E-state index contributed by atoms with van der Waals surface area (Å²) in [5.41, 5.74) is 6.70. The SMILES string of the molecule is COc1ccc(Br)cc1C(=O)NC(=S)NNC(=O)c1ccc(C)c(Br)c1. The average Bonchev–Trinajstić information content (AvgIpc) is 2.61. The fourth-order valence-electron chi connectivity index (χ4n) is 1.98. The molecule has 9 heteroatoms. The van der Waals surface area contributed by atoms with Crippen LogP contribution in [0.4, 0.5) is 0 Å². The van der Waals surface area contributed by atoms with E-state index < -0.39 is 5.91 Å².